The molecule has 1 N–H and O–H groups in total. The summed E-state index contributed by atoms with van der Waals surface area (Å²) in [5.74, 6) is 1.57. The van der Waals surface area contributed by atoms with Crippen LogP contribution in [0.25, 0.3) is 0 Å². The maximum Gasteiger partial charge on any atom is 0.241 e. The molecule has 3 unspecified atom stereocenters. The van der Waals surface area contributed by atoms with E-state index in [4.69, 9.17) is 0 Å². The molecule has 1 aromatic heterocycles. The van der Waals surface area contributed by atoms with Gasteiger partial charge >= 0.3 is 0 Å². The standard InChI is InChI=1S/C17H26N2OS/c1-4-11(2)15-17(20)19(10-9-13-6-7-13)16(18-15)14-8-5-12(3)21-14/h5,8,11,13,15-16,18H,4,6-7,9-10H2,1-3H3. The fourth-order valence-corrected chi connectivity index (χ4v) is 4.04. The molecule has 1 aliphatic heterocycles. The molecule has 0 aromatic carbocycles. The molecule has 0 bridgehead atoms. The predicted molar refractivity (Wildman–Crippen MR) is 87.2 cm³/mol. The Morgan fingerprint density at radius 2 is 2.19 bits per heavy atom. The molecule has 116 valence electrons. The van der Waals surface area contributed by atoms with Crippen molar-refractivity contribution < 1.29 is 4.79 Å². The van der Waals surface area contributed by atoms with Crippen LogP contribution < -0.4 is 5.32 Å². The lowest BCUT2D eigenvalue weighted by molar-refractivity contribution is -0.131. The summed E-state index contributed by atoms with van der Waals surface area (Å²) >= 11 is 1.81. The highest BCUT2D eigenvalue weighted by atomic mass is 32.1. The molecule has 21 heavy (non-hydrogen) atoms. The quantitative estimate of drug-likeness (QED) is 0.869. The summed E-state index contributed by atoms with van der Waals surface area (Å²) in [5.41, 5.74) is 0. The highest BCUT2D eigenvalue weighted by molar-refractivity contribution is 7.12. The Labute approximate surface area is 131 Å². The van der Waals surface area contributed by atoms with Crippen LogP contribution in [0.15, 0.2) is 12.1 Å². The average molecular weight is 306 g/mol. The Morgan fingerprint density at radius 3 is 2.76 bits per heavy atom. The Hall–Kier alpha value is -0.870. The molecule has 3 atom stereocenters. The van der Waals surface area contributed by atoms with E-state index in [9.17, 15) is 4.79 Å². The number of nitrogens with zero attached hydrogens (tertiary/aromatic N) is 1. The average Bonchev–Trinajstić information content (AvgIpc) is 3.12. The van der Waals surface area contributed by atoms with Crippen LogP contribution in [0, 0.1) is 18.8 Å². The molecule has 3 nitrogen and oxygen atoms in total. The highest BCUT2D eigenvalue weighted by Gasteiger charge is 2.42. The van der Waals surface area contributed by atoms with Crippen LogP contribution in [-0.2, 0) is 4.79 Å². The summed E-state index contributed by atoms with van der Waals surface area (Å²) in [6.07, 6.45) is 5.01. The Kier molecular flexibility index (Phi) is 4.36. The molecule has 1 saturated heterocycles. The molecule has 4 heteroatoms. The fourth-order valence-electron chi connectivity index (χ4n) is 3.08. The van der Waals surface area contributed by atoms with E-state index in [2.05, 4.69) is 43.1 Å². The van der Waals surface area contributed by atoms with Crippen molar-refractivity contribution in [2.75, 3.05) is 6.54 Å². The Balaban J connectivity index is 1.78. The van der Waals surface area contributed by atoms with Crippen LogP contribution in [-0.4, -0.2) is 23.4 Å². The third-order valence-electron chi connectivity index (χ3n) is 4.92. The van der Waals surface area contributed by atoms with Crippen LogP contribution in [0.5, 0.6) is 0 Å². The van der Waals surface area contributed by atoms with E-state index in [0.29, 0.717) is 11.8 Å². The van der Waals surface area contributed by atoms with Gasteiger partial charge in [-0.25, -0.2) is 0 Å². The fraction of sp³-hybridized carbons (Fsp3) is 0.706. The van der Waals surface area contributed by atoms with Crippen molar-refractivity contribution in [1.82, 2.24) is 10.2 Å². The van der Waals surface area contributed by atoms with Crippen molar-refractivity contribution >= 4 is 17.2 Å². The van der Waals surface area contributed by atoms with E-state index in [1.54, 1.807) is 11.3 Å². The van der Waals surface area contributed by atoms with Crippen molar-refractivity contribution in [3.8, 4) is 0 Å². The maximum absolute atomic E-state index is 12.8. The Morgan fingerprint density at radius 1 is 1.43 bits per heavy atom. The summed E-state index contributed by atoms with van der Waals surface area (Å²) < 4.78 is 0. The van der Waals surface area contributed by atoms with E-state index in [1.807, 2.05) is 0 Å². The second-order valence-corrected chi connectivity index (χ2v) is 7.96. The number of hydrogen-bond donors (Lipinski definition) is 1. The monoisotopic (exact) mass is 306 g/mol. The van der Waals surface area contributed by atoms with Gasteiger partial charge in [-0.2, -0.15) is 0 Å². The third-order valence-corrected chi connectivity index (χ3v) is 5.97. The van der Waals surface area contributed by atoms with Crippen LogP contribution in [0.4, 0.5) is 0 Å². The summed E-state index contributed by atoms with van der Waals surface area (Å²) in [4.78, 5) is 17.5. The van der Waals surface area contributed by atoms with Crippen molar-refractivity contribution in [2.45, 2.75) is 58.7 Å². The van der Waals surface area contributed by atoms with Gasteiger partial charge in [0.2, 0.25) is 5.91 Å². The number of aryl methyl sites for hydroxylation is 1. The van der Waals surface area contributed by atoms with Crippen molar-refractivity contribution in [3.05, 3.63) is 21.9 Å². The van der Waals surface area contributed by atoms with Gasteiger partial charge in [0.1, 0.15) is 6.17 Å². The summed E-state index contributed by atoms with van der Waals surface area (Å²) in [6.45, 7) is 7.38. The van der Waals surface area contributed by atoms with Gasteiger partial charge in [0.25, 0.3) is 0 Å². The zero-order chi connectivity index (χ0) is 15.0. The molecular weight excluding hydrogens is 280 g/mol. The number of nitrogens with one attached hydrogen (secondary N) is 1. The first-order valence-corrected chi connectivity index (χ1v) is 9.04. The van der Waals surface area contributed by atoms with E-state index >= 15 is 0 Å². The topological polar surface area (TPSA) is 32.3 Å². The zero-order valence-corrected chi connectivity index (χ0v) is 14.1. The van der Waals surface area contributed by atoms with E-state index in [-0.39, 0.29) is 12.2 Å². The van der Waals surface area contributed by atoms with E-state index in [1.165, 1.54) is 29.0 Å². The lowest BCUT2D eigenvalue weighted by Gasteiger charge is -2.23. The van der Waals surface area contributed by atoms with Crippen LogP contribution >= 0.6 is 11.3 Å². The number of thiophene rings is 1. The smallest absolute Gasteiger partial charge is 0.241 e. The highest BCUT2D eigenvalue weighted by Crippen LogP contribution is 2.36. The molecule has 2 heterocycles. The van der Waals surface area contributed by atoms with Gasteiger partial charge in [-0.15, -0.1) is 11.3 Å². The SMILES string of the molecule is CCC(C)C1NC(c2ccc(C)s2)N(CCC2CC2)C1=O. The first-order valence-electron chi connectivity index (χ1n) is 8.23. The molecule has 1 saturated carbocycles. The molecule has 0 radical (unpaired) electrons. The van der Waals surface area contributed by atoms with E-state index in [0.717, 1.165) is 18.9 Å². The summed E-state index contributed by atoms with van der Waals surface area (Å²) in [6, 6.07) is 4.32. The molecule has 2 fully saturated rings. The summed E-state index contributed by atoms with van der Waals surface area (Å²) in [7, 11) is 0. The van der Waals surface area contributed by atoms with Crippen molar-refractivity contribution in [2.24, 2.45) is 11.8 Å². The number of carbonyl (C=O) groups excluding carboxylic acids is 1. The minimum absolute atomic E-state index is 0.0124. The number of amides is 1. The van der Waals surface area contributed by atoms with Gasteiger partial charge in [0.15, 0.2) is 0 Å². The molecule has 1 aromatic rings. The second kappa shape index (κ2) is 6.09. The largest absolute Gasteiger partial charge is 0.321 e. The van der Waals surface area contributed by atoms with Crippen molar-refractivity contribution in [1.29, 1.82) is 0 Å². The lowest BCUT2D eigenvalue weighted by Crippen LogP contribution is -2.36. The maximum atomic E-state index is 12.8. The van der Waals surface area contributed by atoms with Crippen LogP contribution in [0.3, 0.4) is 0 Å². The molecule has 0 spiro atoms. The number of rotatable bonds is 6. The molecule has 3 rings (SSSR count). The second-order valence-electron chi connectivity index (χ2n) is 6.64. The van der Waals surface area contributed by atoms with Gasteiger partial charge in [0, 0.05) is 16.3 Å². The number of carbonyl (C=O) groups is 1. The molecule has 2 aliphatic rings. The minimum atomic E-state index is -0.0124. The Bertz CT molecular complexity index is 509. The minimum Gasteiger partial charge on any atom is -0.321 e. The molecule has 1 aliphatic carbocycles. The van der Waals surface area contributed by atoms with Gasteiger partial charge in [-0.05, 0) is 37.3 Å². The molecular formula is C17H26N2OS. The van der Waals surface area contributed by atoms with Crippen LogP contribution in [0.1, 0.15) is 55.5 Å². The van der Waals surface area contributed by atoms with Gasteiger partial charge in [0.05, 0.1) is 6.04 Å². The van der Waals surface area contributed by atoms with Gasteiger partial charge < -0.3 is 4.90 Å². The molecule has 1 amide bonds. The first kappa shape index (κ1) is 15.0. The van der Waals surface area contributed by atoms with Gasteiger partial charge in [-0.1, -0.05) is 33.1 Å². The summed E-state index contributed by atoms with van der Waals surface area (Å²) in [5, 5.41) is 3.60. The van der Waals surface area contributed by atoms with Gasteiger partial charge in [-0.3, -0.25) is 10.1 Å². The third kappa shape index (κ3) is 3.16. The first-order chi connectivity index (χ1) is 10.1. The normalized spacial score (nSPS) is 27.4. The predicted octanol–water partition coefficient (Wildman–Crippen LogP) is 3.70. The lowest BCUT2D eigenvalue weighted by atomic mass is 9.99. The zero-order valence-electron chi connectivity index (χ0n) is 13.3. The van der Waals surface area contributed by atoms with E-state index < -0.39 is 0 Å². The number of hydrogen-bond acceptors (Lipinski definition) is 3. The van der Waals surface area contributed by atoms with Crippen LogP contribution in [0.2, 0.25) is 0 Å². The van der Waals surface area contributed by atoms with Crippen molar-refractivity contribution in [3.63, 3.8) is 0 Å².